The Kier molecular flexibility index (Phi) is 5.17. The van der Waals surface area contributed by atoms with Crippen LogP contribution >= 0.6 is 0 Å². The summed E-state index contributed by atoms with van der Waals surface area (Å²) in [6.45, 7) is 4.04. The summed E-state index contributed by atoms with van der Waals surface area (Å²) in [5.74, 6) is -0.0298. The molecule has 5 heteroatoms. The number of halogens is 1. The average molecular weight is 332 g/mol. The molecule has 3 heterocycles. The Morgan fingerprint density at radius 3 is 2.88 bits per heavy atom. The lowest BCUT2D eigenvalue weighted by Crippen LogP contribution is -2.48. The molecule has 2 atom stereocenters. The summed E-state index contributed by atoms with van der Waals surface area (Å²) in [5, 5.41) is 0. The SMILES string of the molecule is CCCN1C(=O)[C@H]2CC[C@@H]1CN(C(=O)CCc1cccc(F)c1)C2. The van der Waals surface area contributed by atoms with Crippen LogP contribution in [0.5, 0.6) is 0 Å². The highest BCUT2D eigenvalue weighted by Gasteiger charge is 2.41. The smallest absolute Gasteiger partial charge is 0.227 e. The zero-order valence-corrected chi connectivity index (χ0v) is 14.2. The number of benzene rings is 1. The van der Waals surface area contributed by atoms with E-state index in [9.17, 15) is 14.0 Å². The van der Waals surface area contributed by atoms with Crippen molar-refractivity contribution in [2.75, 3.05) is 19.6 Å². The van der Waals surface area contributed by atoms with E-state index in [2.05, 4.69) is 6.92 Å². The van der Waals surface area contributed by atoms with Crippen LogP contribution in [0.1, 0.15) is 38.2 Å². The summed E-state index contributed by atoms with van der Waals surface area (Å²) < 4.78 is 13.2. The first-order valence-corrected chi connectivity index (χ1v) is 8.91. The molecule has 24 heavy (non-hydrogen) atoms. The van der Waals surface area contributed by atoms with Gasteiger partial charge in [0.05, 0.1) is 5.92 Å². The molecule has 0 aromatic heterocycles. The molecule has 130 valence electrons. The maximum Gasteiger partial charge on any atom is 0.227 e. The topological polar surface area (TPSA) is 40.6 Å². The van der Waals surface area contributed by atoms with Gasteiger partial charge in [0.15, 0.2) is 0 Å². The van der Waals surface area contributed by atoms with Crippen molar-refractivity contribution in [3.05, 3.63) is 35.6 Å². The molecular weight excluding hydrogens is 307 g/mol. The lowest BCUT2D eigenvalue weighted by molar-refractivity contribution is -0.139. The molecule has 1 aromatic carbocycles. The summed E-state index contributed by atoms with van der Waals surface area (Å²) in [4.78, 5) is 29.0. The number of aryl methyl sites for hydroxylation is 1. The molecule has 3 saturated heterocycles. The summed E-state index contributed by atoms with van der Waals surface area (Å²) in [5.41, 5.74) is 0.838. The van der Waals surface area contributed by atoms with Crippen molar-refractivity contribution >= 4 is 11.8 Å². The van der Waals surface area contributed by atoms with Gasteiger partial charge >= 0.3 is 0 Å². The second-order valence-corrected chi connectivity index (χ2v) is 6.89. The average Bonchev–Trinajstić information content (AvgIpc) is 2.86. The molecule has 0 radical (unpaired) electrons. The van der Waals surface area contributed by atoms with E-state index in [0.717, 1.165) is 31.4 Å². The molecule has 4 nitrogen and oxygen atoms in total. The van der Waals surface area contributed by atoms with E-state index in [4.69, 9.17) is 0 Å². The van der Waals surface area contributed by atoms with Gasteiger partial charge in [0.2, 0.25) is 11.8 Å². The van der Waals surface area contributed by atoms with Gasteiger partial charge in [-0.3, -0.25) is 9.59 Å². The lowest BCUT2D eigenvalue weighted by Gasteiger charge is -2.35. The summed E-state index contributed by atoms with van der Waals surface area (Å²) >= 11 is 0. The van der Waals surface area contributed by atoms with Crippen LogP contribution in [0, 0.1) is 11.7 Å². The van der Waals surface area contributed by atoms with Gasteiger partial charge in [-0.2, -0.15) is 0 Å². The van der Waals surface area contributed by atoms with Gasteiger partial charge < -0.3 is 9.80 Å². The Morgan fingerprint density at radius 2 is 2.12 bits per heavy atom. The van der Waals surface area contributed by atoms with Crippen LogP contribution in [0.4, 0.5) is 4.39 Å². The molecule has 1 aromatic rings. The van der Waals surface area contributed by atoms with Crippen LogP contribution in [0.15, 0.2) is 24.3 Å². The number of hydrogen-bond donors (Lipinski definition) is 0. The maximum atomic E-state index is 13.2. The van der Waals surface area contributed by atoms with E-state index in [1.54, 1.807) is 6.07 Å². The predicted octanol–water partition coefficient (Wildman–Crippen LogP) is 2.62. The zero-order chi connectivity index (χ0) is 17.1. The number of hydrogen-bond acceptors (Lipinski definition) is 2. The molecule has 0 spiro atoms. The molecule has 0 aliphatic carbocycles. The van der Waals surface area contributed by atoms with Crippen molar-refractivity contribution < 1.29 is 14.0 Å². The van der Waals surface area contributed by atoms with E-state index in [1.165, 1.54) is 12.1 Å². The molecular formula is C19H25FN2O2. The van der Waals surface area contributed by atoms with E-state index in [-0.39, 0.29) is 29.6 Å². The first-order chi connectivity index (χ1) is 11.6. The van der Waals surface area contributed by atoms with Crippen LogP contribution in [-0.2, 0) is 16.0 Å². The van der Waals surface area contributed by atoms with E-state index in [1.807, 2.05) is 15.9 Å². The molecule has 3 aliphatic heterocycles. The molecule has 0 unspecified atom stereocenters. The fraction of sp³-hybridized carbons (Fsp3) is 0.579. The van der Waals surface area contributed by atoms with Crippen molar-refractivity contribution in [3.8, 4) is 0 Å². The lowest BCUT2D eigenvalue weighted by atomic mass is 9.94. The van der Waals surface area contributed by atoms with Crippen molar-refractivity contribution in [2.24, 2.45) is 5.92 Å². The fourth-order valence-corrected chi connectivity index (χ4v) is 3.88. The third kappa shape index (κ3) is 3.60. The third-order valence-electron chi connectivity index (χ3n) is 5.13. The number of nitrogens with zero attached hydrogens (tertiary/aromatic N) is 2. The largest absolute Gasteiger partial charge is 0.340 e. The Balaban J connectivity index is 1.62. The van der Waals surface area contributed by atoms with Gasteiger partial charge in [0.25, 0.3) is 0 Å². The van der Waals surface area contributed by atoms with Crippen LogP contribution < -0.4 is 0 Å². The molecule has 3 fully saturated rings. The second kappa shape index (κ2) is 7.32. The summed E-state index contributed by atoms with van der Waals surface area (Å²) in [6, 6.07) is 6.56. The van der Waals surface area contributed by atoms with Gasteiger partial charge in [0.1, 0.15) is 5.82 Å². The van der Waals surface area contributed by atoms with Crippen LogP contribution in [0.2, 0.25) is 0 Å². The Bertz CT molecular complexity index is 619. The van der Waals surface area contributed by atoms with Gasteiger partial charge in [-0.25, -0.2) is 4.39 Å². The van der Waals surface area contributed by atoms with Gasteiger partial charge in [0, 0.05) is 32.1 Å². The van der Waals surface area contributed by atoms with Gasteiger partial charge in [-0.15, -0.1) is 0 Å². The van der Waals surface area contributed by atoms with Gasteiger partial charge in [-0.1, -0.05) is 19.1 Å². The molecule has 2 amide bonds. The minimum Gasteiger partial charge on any atom is -0.340 e. The highest BCUT2D eigenvalue weighted by Crippen LogP contribution is 2.29. The first kappa shape index (κ1) is 16.9. The maximum absolute atomic E-state index is 13.2. The minimum absolute atomic E-state index is 0.0478. The monoisotopic (exact) mass is 332 g/mol. The number of amides is 2. The first-order valence-electron chi connectivity index (χ1n) is 8.91. The normalized spacial score (nSPS) is 23.5. The molecule has 3 aliphatic rings. The number of piperidine rings is 1. The van der Waals surface area contributed by atoms with E-state index in [0.29, 0.717) is 25.9 Å². The standard InChI is InChI=1S/C19H25FN2O2/c1-2-10-22-17-8-7-15(19(22)24)12-21(13-17)18(23)9-6-14-4-3-5-16(20)11-14/h3-5,11,15,17H,2,6-10,12-13H2,1H3/t15-,17+/m0/s1. The fourth-order valence-electron chi connectivity index (χ4n) is 3.88. The van der Waals surface area contributed by atoms with E-state index >= 15 is 0 Å². The number of rotatable bonds is 5. The molecule has 4 rings (SSSR count). The van der Waals surface area contributed by atoms with Crippen molar-refractivity contribution in [2.45, 2.75) is 45.1 Å². The van der Waals surface area contributed by atoms with E-state index < -0.39 is 0 Å². The summed E-state index contributed by atoms with van der Waals surface area (Å²) in [6.07, 6.45) is 3.73. The number of carbonyl (C=O) groups is 2. The number of fused-ring (bicyclic) bond motifs is 4. The van der Waals surface area contributed by atoms with Crippen molar-refractivity contribution in [1.82, 2.24) is 9.80 Å². The Labute approximate surface area is 142 Å². The van der Waals surface area contributed by atoms with Gasteiger partial charge in [-0.05, 0) is 43.4 Å². The van der Waals surface area contributed by atoms with Crippen LogP contribution in [0.25, 0.3) is 0 Å². The Hall–Kier alpha value is -1.91. The highest BCUT2D eigenvalue weighted by molar-refractivity contribution is 5.83. The third-order valence-corrected chi connectivity index (χ3v) is 5.13. The molecule has 2 bridgehead atoms. The van der Waals surface area contributed by atoms with Crippen LogP contribution in [0.3, 0.4) is 0 Å². The molecule has 0 saturated carbocycles. The Morgan fingerprint density at radius 1 is 1.29 bits per heavy atom. The predicted molar refractivity (Wildman–Crippen MR) is 89.8 cm³/mol. The highest BCUT2D eigenvalue weighted by atomic mass is 19.1. The molecule has 0 N–H and O–H groups in total. The quantitative estimate of drug-likeness (QED) is 0.832. The number of carbonyl (C=O) groups excluding carboxylic acids is 2. The van der Waals surface area contributed by atoms with Crippen molar-refractivity contribution in [3.63, 3.8) is 0 Å². The van der Waals surface area contributed by atoms with Crippen molar-refractivity contribution in [1.29, 1.82) is 0 Å². The zero-order valence-electron chi connectivity index (χ0n) is 14.2. The second-order valence-electron chi connectivity index (χ2n) is 6.89. The minimum atomic E-state index is -0.270. The van der Waals surface area contributed by atoms with Crippen LogP contribution in [-0.4, -0.2) is 47.3 Å². The summed E-state index contributed by atoms with van der Waals surface area (Å²) in [7, 11) is 0.